The second-order valence-corrected chi connectivity index (χ2v) is 4.89. The van der Waals surface area contributed by atoms with Gasteiger partial charge in [-0.25, -0.2) is 9.59 Å². The fraction of sp³-hybridized carbons (Fsp3) is 0.500. The number of aliphatic carboxylic acids is 1. The number of carboxylic acid groups (broad SMARTS) is 1. The molecule has 9 nitrogen and oxygen atoms in total. The van der Waals surface area contributed by atoms with Crippen molar-refractivity contribution in [2.45, 2.75) is 24.9 Å². The van der Waals surface area contributed by atoms with Gasteiger partial charge in [-0.1, -0.05) is 0 Å². The minimum absolute atomic E-state index is 0.193. The number of urea groups is 1. The molecule has 0 bridgehead atoms. The molecule has 2 rings (SSSR count). The molecule has 1 heterocycles. The topological polar surface area (TPSA) is 125 Å². The normalized spacial score (nSPS) is 15.1. The molecule has 1 fully saturated rings. The maximum Gasteiger partial charge on any atom is 0.331 e. The average Bonchev–Trinajstić information content (AvgIpc) is 3.12. The molecule has 114 valence electrons. The zero-order valence-corrected chi connectivity index (χ0v) is 11.5. The molecule has 1 aliphatic rings. The summed E-state index contributed by atoms with van der Waals surface area (Å²) in [6, 6.07) is -1.73. The van der Waals surface area contributed by atoms with E-state index in [0.717, 1.165) is 12.8 Å². The molecule has 0 radical (unpaired) electrons. The molecule has 21 heavy (non-hydrogen) atoms. The first-order valence-corrected chi connectivity index (χ1v) is 6.51. The first-order valence-electron chi connectivity index (χ1n) is 6.51. The lowest BCUT2D eigenvalue weighted by atomic mass is 10.1. The van der Waals surface area contributed by atoms with Crippen molar-refractivity contribution in [1.82, 2.24) is 25.7 Å². The van der Waals surface area contributed by atoms with Gasteiger partial charge in [-0.2, -0.15) is 5.10 Å². The highest BCUT2D eigenvalue weighted by molar-refractivity contribution is 5.87. The number of hydrogen-bond acceptors (Lipinski definition) is 4. The van der Waals surface area contributed by atoms with Crippen LogP contribution in [-0.4, -0.2) is 45.4 Å². The Balaban J connectivity index is 1.83. The molecule has 3 amide bonds. The van der Waals surface area contributed by atoms with Crippen molar-refractivity contribution in [3.63, 3.8) is 0 Å². The number of amides is 3. The number of nitrogens with one attached hydrogen (secondary N) is 3. The van der Waals surface area contributed by atoms with Gasteiger partial charge < -0.3 is 21.1 Å². The molecule has 1 aliphatic carbocycles. The van der Waals surface area contributed by atoms with Crippen LogP contribution < -0.4 is 16.0 Å². The highest BCUT2D eigenvalue weighted by Gasteiger charge is 2.25. The lowest BCUT2D eigenvalue weighted by Gasteiger charge is -2.13. The molecule has 0 aromatic carbocycles. The zero-order chi connectivity index (χ0) is 15.4. The molecular formula is C12H17N5O4. The predicted molar refractivity (Wildman–Crippen MR) is 71.3 cm³/mol. The summed E-state index contributed by atoms with van der Waals surface area (Å²) < 4.78 is 1.44. The zero-order valence-electron chi connectivity index (χ0n) is 11.5. The van der Waals surface area contributed by atoms with E-state index in [1.807, 2.05) is 0 Å². The van der Waals surface area contributed by atoms with Crippen LogP contribution in [0, 0.1) is 0 Å². The van der Waals surface area contributed by atoms with Crippen LogP contribution in [0.3, 0.4) is 0 Å². The SMILES string of the molecule is Cn1cc(C(NC(=O)NCC(=O)NC2CC2)C(=O)O)cn1. The summed E-state index contributed by atoms with van der Waals surface area (Å²) in [5.74, 6) is -1.50. The summed E-state index contributed by atoms with van der Waals surface area (Å²) in [5.41, 5.74) is 0.350. The maximum absolute atomic E-state index is 11.7. The molecule has 1 saturated carbocycles. The van der Waals surface area contributed by atoms with Crippen LogP contribution >= 0.6 is 0 Å². The number of carbonyl (C=O) groups excluding carboxylic acids is 2. The molecule has 0 saturated heterocycles. The average molecular weight is 295 g/mol. The maximum atomic E-state index is 11.7. The molecule has 9 heteroatoms. The van der Waals surface area contributed by atoms with E-state index in [-0.39, 0.29) is 18.5 Å². The minimum Gasteiger partial charge on any atom is -0.479 e. The van der Waals surface area contributed by atoms with Gasteiger partial charge in [0.2, 0.25) is 5.91 Å². The lowest BCUT2D eigenvalue weighted by Crippen LogP contribution is -2.45. The van der Waals surface area contributed by atoms with Gasteiger partial charge in [-0.3, -0.25) is 9.48 Å². The second kappa shape index (κ2) is 6.25. The Kier molecular flexibility index (Phi) is 4.41. The quantitative estimate of drug-likeness (QED) is 0.542. The third-order valence-electron chi connectivity index (χ3n) is 2.93. The Bertz CT molecular complexity index is 552. The van der Waals surface area contributed by atoms with Crippen molar-refractivity contribution in [2.24, 2.45) is 7.05 Å². The first kappa shape index (κ1) is 14.8. The molecule has 1 aromatic heterocycles. The Morgan fingerprint density at radius 2 is 2.19 bits per heavy atom. The number of rotatable bonds is 6. The van der Waals surface area contributed by atoms with Crippen molar-refractivity contribution in [3.8, 4) is 0 Å². The summed E-state index contributed by atoms with van der Waals surface area (Å²) in [6.45, 7) is -0.193. The fourth-order valence-electron chi connectivity index (χ4n) is 1.73. The monoisotopic (exact) mass is 295 g/mol. The number of aromatic nitrogens is 2. The van der Waals surface area contributed by atoms with E-state index >= 15 is 0 Å². The van der Waals surface area contributed by atoms with Crippen LogP contribution in [0.5, 0.6) is 0 Å². The Morgan fingerprint density at radius 1 is 1.48 bits per heavy atom. The first-order chi connectivity index (χ1) is 9.95. The molecule has 0 spiro atoms. The molecule has 1 atom stereocenters. The molecular weight excluding hydrogens is 278 g/mol. The van der Waals surface area contributed by atoms with Crippen LogP contribution in [0.4, 0.5) is 4.79 Å². The van der Waals surface area contributed by atoms with Crippen LogP contribution in [0.15, 0.2) is 12.4 Å². The number of aryl methyl sites for hydroxylation is 1. The van der Waals surface area contributed by atoms with E-state index in [4.69, 9.17) is 5.11 Å². The Hall–Kier alpha value is -2.58. The van der Waals surface area contributed by atoms with E-state index in [1.165, 1.54) is 17.1 Å². The summed E-state index contributed by atoms with van der Waals surface area (Å²) in [7, 11) is 1.64. The van der Waals surface area contributed by atoms with Crippen LogP contribution in [0.1, 0.15) is 24.4 Å². The van der Waals surface area contributed by atoms with Gasteiger partial charge in [0.15, 0.2) is 6.04 Å². The second-order valence-electron chi connectivity index (χ2n) is 4.89. The standard InChI is InChI=1S/C12H17N5O4/c1-17-6-7(4-14-17)10(11(19)20)16-12(21)13-5-9(18)15-8-2-3-8/h4,6,8,10H,2-3,5H2,1H3,(H,15,18)(H,19,20)(H2,13,16,21). The van der Waals surface area contributed by atoms with E-state index in [9.17, 15) is 14.4 Å². The summed E-state index contributed by atoms with van der Waals surface area (Å²) in [6.07, 6.45) is 4.78. The third kappa shape index (κ3) is 4.48. The van der Waals surface area contributed by atoms with Crippen molar-refractivity contribution >= 4 is 17.9 Å². The highest BCUT2D eigenvalue weighted by Crippen LogP contribution is 2.18. The van der Waals surface area contributed by atoms with E-state index in [1.54, 1.807) is 7.05 Å². The van der Waals surface area contributed by atoms with Crippen molar-refractivity contribution in [3.05, 3.63) is 18.0 Å². The predicted octanol–water partition coefficient (Wildman–Crippen LogP) is -0.876. The van der Waals surface area contributed by atoms with Crippen LogP contribution in [0.2, 0.25) is 0 Å². The Labute approximate surface area is 120 Å². The van der Waals surface area contributed by atoms with Gasteiger partial charge in [0.25, 0.3) is 0 Å². The number of carbonyl (C=O) groups is 3. The lowest BCUT2D eigenvalue weighted by molar-refractivity contribution is -0.139. The fourth-order valence-corrected chi connectivity index (χ4v) is 1.73. The van der Waals surface area contributed by atoms with Gasteiger partial charge in [-0.15, -0.1) is 0 Å². The smallest absolute Gasteiger partial charge is 0.331 e. The summed E-state index contributed by atoms with van der Waals surface area (Å²) in [4.78, 5) is 34.2. The third-order valence-corrected chi connectivity index (χ3v) is 2.93. The van der Waals surface area contributed by atoms with Crippen LogP contribution in [0.25, 0.3) is 0 Å². The van der Waals surface area contributed by atoms with Gasteiger partial charge in [0.05, 0.1) is 12.7 Å². The van der Waals surface area contributed by atoms with Crippen molar-refractivity contribution in [1.29, 1.82) is 0 Å². The molecule has 1 aromatic rings. The number of nitrogens with zero attached hydrogens (tertiary/aromatic N) is 2. The molecule has 4 N–H and O–H groups in total. The number of carboxylic acids is 1. The van der Waals surface area contributed by atoms with E-state index in [0.29, 0.717) is 5.56 Å². The highest BCUT2D eigenvalue weighted by atomic mass is 16.4. The van der Waals surface area contributed by atoms with Crippen molar-refractivity contribution < 1.29 is 19.5 Å². The van der Waals surface area contributed by atoms with Gasteiger partial charge >= 0.3 is 12.0 Å². The van der Waals surface area contributed by atoms with Crippen molar-refractivity contribution in [2.75, 3.05) is 6.54 Å². The van der Waals surface area contributed by atoms with Crippen LogP contribution in [-0.2, 0) is 16.6 Å². The minimum atomic E-state index is -1.22. The number of hydrogen-bond donors (Lipinski definition) is 4. The molecule has 0 aliphatic heterocycles. The van der Waals surface area contributed by atoms with Gasteiger partial charge in [0, 0.05) is 24.8 Å². The van der Waals surface area contributed by atoms with E-state index in [2.05, 4.69) is 21.0 Å². The largest absolute Gasteiger partial charge is 0.479 e. The van der Waals surface area contributed by atoms with E-state index < -0.39 is 18.0 Å². The Morgan fingerprint density at radius 3 is 2.71 bits per heavy atom. The summed E-state index contributed by atoms with van der Waals surface area (Å²) >= 11 is 0. The van der Waals surface area contributed by atoms with Gasteiger partial charge in [-0.05, 0) is 12.8 Å². The molecule has 1 unspecified atom stereocenters. The van der Waals surface area contributed by atoms with Gasteiger partial charge in [0.1, 0.15) is 0 Å². The summed E-state index contributed by atoms with van der Waals surface area (Å²) in [5, 5.41) is 20.3.